The van der Waals surface area contributed by atoms with E-state index >= 15 is 0 Å². The number of halogens is 2. The number of hydrogen-bond donors (Lipinski definition) is 0. The molecule has 1 aromatic carbocycles. The van der Waals surface area contributed by atoms with Crippen LogP contribution in [0.5, 0.6) is 0 Å². The molecule has 1 saturated carbocycles. The van der Waals surface area contributed by atoms with Crippen molar-refractivity contribution in [3.05, 3.63) is 39.4 Å². The molecule has 88 valence electrons. The van der Waals surface area contributed by atoms with Crippen LogP contribution in [0.2, 0.25) is 0 Å². The fourth-order valence-corrected chi connectivity index (χ4v) is 1.73. The van der Waals surface area contributed by atoms with E-state index in [2.05, 4.69) is 4.99 Å². The normalized spacial score (nSPS) is 16.1. The highest BCUT2D eigenvalue weighted by Gasteiger charge is 2.50. The fourth-order valence-electron chi connectivity index (χ4n) is 1.73. The number of isocyanates is 1. The van der Waals surface area contributed by atoms with Gasteiger partial charge in [-0.05, 0) is 18.9 Å². The van der Waals surface area contributed by atoms with Gasteiger partial charge in [-0.3, -0.25) is 10.1 Å². The molecule has 0 heterocycles. The molecular weight excluding hydrogens is 234 g/mol. The van der Waals surface area contributed by atoms with E-state index in [0.29, 0.717) is 0 Å². The second-order valence-corrected chi connectivity index (χ2v) is 3.75. The van der Waals surface area contributed by atoms with Crippen molar-refractivity contribution >= 4 is 11.8 Å². The molecule has 0 saturated heterocycles. The van der Waals surface area contributed by atoms with Gasteiger partial charge in [0, 0.05) is 6.07 Å². The number of hydrogen-bond acceptors (Lipinski definition) is 4. The van der Waals surface area contributed by atoms with Gasteiger partial charge in [-0.2, -0.15) is 9.38 Å². The SMILES string of the molecule is O=C=NC1(c2c(F)ccc([N+](=O)[O-])c2F)CC1. The average molecular weight is 240 g/mol. The predicted octanol–water partition coefficient (Wildman–Crippen LogP) is 2.20. The third kappa shape index (κ3) is 1.70. The summed E-state index contributed by atoms with van der Waals surface area (Å²) in [6.45, 7) is 0. The molecule has 1 aliphatic rings. The molecule has 0 spiro atoms. The van der Waals surface area contributed by atoms with Crippen LogP contribution in [-0.4, -0.2) is 11.0 Å². The molecule has 5 nitrogen and oxygen atoms in total. The van der Waals surface area contributed by atoms with Crippen molar-refractivity contribution in [2.24, 2.45) is 4.99 Å². The molecule has 0 amide bonds. The second-order valence-electron chi connectivity index (χ2n) is 3.75. The average Bonchev–Trinajstić information content (AvgIpc) is 2.98. The maximum Gasteiger partial charge on any atom is 0.305 e. The Morgan fingerprint density at radius 1 is 1.41 bits per heavy atom. The third-order valence-corrected chi connectivity index (χ3v) is 2.72. The Labute approximate surface area is 93.9 Å². The summed E-state index contributed by atoms with van der Waals surface area (Å²) in [5, 5.41) is 10.5. The van der Waals surface area contributed by atoms with Crippen molar-refractivity contribution in [3.8, 4) is 0 Å². The van der Waals surface area contributed by atoms with Crippen molar-refractivity contribution in [1.82, 2.24) is 0 Å². The summed E-state index contributed by atoms with van der Waals surface area (Å²) in [5.41, 5.74) is -2.65. The molecule has 0 unspecified atom stereocenters. The topological polar surface area (TPSA) is 72.6 Å². The maximum atomic E-state index is 13.8. The van der Waals surface area contributed by atoms with Crippen molar-refractivity contribution in [2.75, 3.05) is 0 Å². The highest BCUT2D eigenvalue weighted by atomic mass is 19.1. The Balaban J connectivity index is 2.65. The van der Waals surface area contributed by atoms with Crippen molar-refractivity contribution in [2.45, 2.75) is 18.4 Å². The fraction of sp³-hybridized carbons (Fsp3) is 0.300. The van der Waals surface area contributed by atoms with Crippen LogP contribution < -0.4 is 0 Å². The molecule has 0 bridgehead atoms. The lowest BCUT2D eigenvalue weighted by atomic mass is 10.0. The molecule has 0 N–H and O–H groups in total. The molecule has 1 aromatic rings. The van der Waals surface area contributed by atoms with Gasteiger partial charge >= 0.3 is 5.69 Å². The van der Waals surface area contributed by atoms with Crippen LogP contribution in [0.1, 0.15) is 18.4 Å². The molecule has 7 heteroatoms. The van der Waals surface area contributed by atoms with Crippen LogP contribution in [0.15, 0.2) is 17.1 Å². The number of nitro benzene ring substituents is 1. The van der Waals surface area contributed by atoms with Crippen molar-refractivity contribution < 1.29 is 18.5 Å². The number of carbonyl (C=O) groups excluding carboxylic acids is 1. The molecule has 17 heavy (non-hydrogen) atoms. The standard InChI is InChI=1S/C10H6F2N2O3/c11-6-1-2-7(14(16)17)9(12)8(6)10(3-4-10)13-5-15/h1-2H,3-4H2. The third-order valence-electron chi connectivity index (χ3n) is 2.72. The Bertz CT molecular complexity index is 549. The van der Waals surface area contributed by atoms with Gasteiger partial charge in [0.15, 0.2) is 0 Å². The summed E-state index contributed by atoms with van der Waals surface area (Å²) < 4.78 is 27.3. The van der Waals surface area contributed by atoms with Gasteiger partial charge in [-0.15, -0.1) is 0 Å². The summed E-state index contributed by atoms with van der Waals surface area (Å²) in [6.07, 6.45) is 1.79. The lowest BCUT2D eigenvalue weighted by Crippen LogP contribution is -2.10. The van der Waals surface area contributed by atoms with Gasteiger partial charge in [0.1, 0.15) is 11.4 Å². The van der Waals surface area contributed by atoms with Crippen LogP contribution in [0.3, 0.4) is 0 Å². The zero-order chi connectivity index (χ0) is 12.6. The van der Waals surface area contributed by atoms with E-state index in [1.54, 1.807) is 0 Å². The zero-order valence-electron chi connectivity index (χ0n) is 8.44. The lowest BCUT2D eigenvalue weighted by Gasteiger charge is -2.10. The summed E-state index contributed by atoms with van der Waals surface area (Å²) >= 11 is 0. The number of nitro groups is 1. The minimum Gasteiger partial charge on any atom is -0.258 e. The van der Waals surface area contributed by atoms with Crippen LogP contribution in [0, 0.1) is 21.7 Å². The summed E-state index contributed by atoms with van der Waals surface area (Å²) in [5.74, 6) is -2.21. The summed E-state index contributed by atoms with van der Waals surface area (Å²) in [7, 11) is 0. The minimum absolute atomic E-state index is 0.275. The van der Waals surface area contributed by atoms with E-state index in [1.165, 1.54) is 6.08 Å². The van der Waals surface area contributed by atoms with E-state index in [0.717, 1.165) is 12.1 Å². The second kappa shape index (κ2) is 3.71. The van der Waals surface area contributed by atoms with Crippen LogP contribution in [0.25, 0.3) is 0 Å². The molecule has 0 atom stereocenters. The van der Waals surface area contributed by atoms with E-state index in [9.17, 15) is 23.7 Å². The number of aliphatic imine (C=N–C) groups is 1. The highest BCUT2D eigenvalue weighted by Crippen LogP contribution is 2.51. The molecule has 0 aliphatic heterocycles. The first-order chi connectivity index (χ1) is 8.02. The minimum atomic E-state index is -1.30. The number of benzene rings is 1. The molecular formula is C10H6F2N2O3. The monoisotopic (exact) mass is 240 g/mol. The molecule has 1 fully saturated rings. The quantitative estimate of drug-likeness (QED) is 0.352. The Morgan fingerprint density at radius 3 is 2.53 bits per heavy atom. The van der Waals surface area contributed by atoms with E-state index in [4.69, 9.17) is 0 Å². The van der Waals surface area contributed by atoms with Gasteiger partial charge in [-0.1, -0.05) is 0 Å². The van der Waals surface area contributed by atoms with E-state index in [-0.39, 0.29) is 12.8 Å². The highest BCUT2D eigenvalue weighted by molar-refractivity contribution is 5.47. The van der Waals surface area contributed by atoms with Crippen LogP contribution >= 0.6 is 0 Å². The summed E-state index contributed by atoms with van der Waals surface area (Å²) in [6, 6.07) is 1.55. The summed E-state index contributed by atoms with van der Waals surface area (Å²) in [4.78, 5) is 23.1. The Kier molecular flexibility index (Phi) is 2.48. The molecule has 2 rings (SSSR count). The smallest absolute Gasteiger partial charge is 0.258 e. The Morgan fingerprint density at radius 2 is 2.06 bits per heavy atom. The molecule has 0 aromatic heterocycles. The first-order valence-electron chi connectivity index (χ1n) is 4.74. The van der Waals surface area contributed by atoms with Gasteiger partial charge < -0.3 is 0 Å². The largest absolute Gasteiger partial charge is 0.305 e. The first kappa shape index (κ1) is 11.3. The van der Waals surface area contributed by atoms with Gasteiger partial charge in [0.05, 0.1) is 10.5 Å². The number of rotatable bonds is 3. The van der Waals surface area contributed by atoms with Crippen LogP contribution in [0.4, 0.5) is 14.5 Å². The maximum absolute atomic E-state index is 13.8. The van der Waals surface area contributed by atoms with Crippen molar-refractivity contribution in [1.29, 1.82) is 0 Å². The van der Waals surface area contributed by atoms with Crippen LogP contribution in [-0.2, 0) is 10.3 Å². The van der Waals surface area contributed by atoms with Gasteiger partial charge in [0.2, 0.25) is 11.9 Å². The number of nitrogens with zero attached hydrogens (tertiary/aromatic N) is 2. The van der Waals surface area contributed by atoms with Gasteiger partial charge in [-0.25, -0.2) is 9.18 Å². The zero-order valence-corrected chi connectivity index (χ0v) is 8.44. The Hall–Kier alpha value is -2.14. The molecule has 1 aliphatic carbocycles. The van der Waals surface area contributed by atoms with E-state index in [1.807, 2.05) is 0 Å². The van der Waals surface area contributed by atoms with E-state index < -0.39 is 33.3 Å². The lowest BCUT2D eigenvalue weighted by molar-refractivity contribution is -0.387. The molecule has 0 radical (unpaired) electrons. The van der Waals surface area contributed by atoms with Crippen molar-refractivity contribution in [3.63, 3.8) is 0 Å². The first-order valence-corrected chi connectivity index (χ1v) is 4.74. The van der Waals surface area contributed by atoms with Gasteiger partial charge in [0.25, 0.3) is 0 Å². The predicted molar refractivity (Wildman–Crippen MR) is 52.0 cm³/mol.